The van der Waals surface area contributed by atoms with Gasteiger partial charge in [-0.15, -0.1) is 0 Å². The fraction of sp³-hybridized carbons (Fsp3) is 0.0500. The van der Waals surface area contributed by atoms with Crippen LogP contribution in [-0.4, -0.2) is 15.7 Å². The Balaban J connectivity index is 1.83. The number of benzene rings is 1. The Morgan fingerprint density at radius 1 is 0.792 bits per heavy atom. The van der Waals surface area contributed by atoms with Crippen LogP contribution in [0.15, 0.2) is 78.3 Å². The van der Waals surface area contributed by atoms with E-state index in [1.807, 2.05) is 30.3 Å². The Morgan fingerprint density at radius 3 is 2.38 bits per heavy atom. The van der Waals surface area contributed by atoms with Gasteiger partial charge in [0.05, 0.1) is 11.4 Å². The molecule has 1 aromatic carbocycles. The van der Waals surface area contributed by atoms with E-state index in [0.717, 1.165) is 33.7 Å². The molecule has 0 saturated carbocycles. The van der Waals surface area contributed by atoms with E-state index in [1.165, 1.54) is 6.07 Å². The minimum Gasteiger partial charge on any atom is -0.265 e. The van der Waals surface area contributed by atoms with Gasteiger partial charge in [-0.1, -0.05) is 18.2 Å². The van der Waals surface area contributed by atoms with Crippen molar-refractivity contribution in [3.8, 4) is 0 Å². The lowest BCUT2D eigenvalue weighted by atomic mass is 9.96. The fourth-order valence-electron chi connectivity index (χ4n) is 2.86. The monoisotopic (exact) mass is 315 g/mol. The van der Waals surface area contributed by atoms with Crippen LogP contribution < -0.4 is 0 Å². The number of pyridine rings is 2. The molecule has 1 aliphatic heterocycles. The summed E-state index contributed by atoms with van der Waals surface area (Å²) in [6.07, 6.45) is 7.67. The zero-order chi connectivity index (χ0) is 16.4. The van der Waals surface area contributed by atoms with E-state index in [4.69, 9.17) is 4.99 Å². The van der Waals surface area contributed by atoms with Crippen molar-refractivity contribution in [1.82, 2.24) is 9.97 Å². The van der Waals surface area contributed by atoms with E-state index < -0.39 is 0 Å². The van der Waals surface area contributed by atoms with Gasteiger partial charge < -0.3 is 0 Å². The summed E-state index contributed by atoms with van der Waals surface area (Å²) in [5.41, 5.74) is 5.62. The molecule has 0 atom stereocenters. The molecule has 0 fully saturated rings. The van der Waals surface area contributed by atoms with Gasteiger partial charge in [0.25, 0.3) is 0 Å². The third-order valence-electron chi connectivity index (χ3n) is 4.00. The lowest BCUT2D eigenvalue weighted by Gasteiger charge is -2.07. The number of nitrogens with zero attached hydrogens (tertiary/aromatic N) is 3. The van der Waals surface area contributed by atoms with Crippen molar-refractivity contribution < 1.29 is 4.39 Å². The van der Waals surface area contributed by atoms with Gasteiger partial charge in [0.2, 0.25) is 0 Å². The Bertz CT molecular complexity index is 931. The van der Waals surface area contributed by atoms with Crippen molar-refractivity contribution in [1.29, 1.82) is 0 Å². The Kier molecular flexibility index (Phi) is 3.71. The highest BCUT2D eigenvalue weighted by atomic mass is 19.1. The summed E-state index contributed by atoms with van der Waals surface area (Å²) in [6, 6.07) is 14.4. The number of halogens is 1. The first-order valence-corrected chi connectivity index (χ1v) is 7.69. The standard InChI is InChI=1S/C20H14FN3/c21-17-5-1-3-15(11-17)18-12-19(16-4-2-8-23-13-16)24-20(18)14-6-9-22-10-7-14/h1-11,13H,12H2. The van der Waals surface area contributed by atoms with Crippen LogP contribution in [0.5, 0.6) is 0 Å². The summed E-state index contributed by atoms with van der Waals surface area (Å²) in [4.78, 5) is 13.1. The predicted octanol–water partition coefficient (Wildman–Crippen LogP) is 4.38. The van der Waals surface area contributed by atoms with Gasteiger partial charge in [0.1, 0.15) is 5.82 Å². The third kappa shape index (κ3) is 2.74. The number of hydrogen-bond acceptors (Lipinski definition) is 3. The molecule has 0 bridgehead atoms. The quantitative estimate of drug-likeness (QED) is 0.719. The average molecular weight is 315 g/mol. The minimum absolute atomic E-state index is 0.246. The number of aliphatic imine (C=N–C) groups is 1. The van der Waals surface area contributed by atoms with E-state index in [9.17, 15) is 4.39 Å². The Hall–Kier alpha value is -3.14. The molecule has 0 saturated heterocycles. The van der Waals surface area contributed by atoms with Crippen LogP contribution in [0.4, 0.5) is 4.39 Å². The number of hydrogen-bond donors (Lipinski definition) is 0. The molecule has 3 nitrogen and oxygen atoms in total. The fourth-order valence-corrected chi connectivity index (χ4v) is 2.86. The Morgan fingerprint density at radius 2 is 1.62 bits per heavy atom. The van der Waals surface area contributed by atoms with Crippen LogP contribution in [0, 0.1) is 5.82 Å². The van der Waals surface area contributed by atoms with E-state index in [1.54, 1.807) is 36.9 Å². The van der Waals surface area contributed by atoms with Gasteiger partial charge in [-0.3, -0.25) is 15.0 Å². The zero-order valence-corrected chi connectivity index (χ0v) is 12.9. The first-order valence-electron chi connectivity index (χ1n) is 7.69. The van der Waals surface area contributed by atoms with Crippen LogP contribution in [0.25, 0.3) is 11.3 Å². The smallest absolute Gasteiger partial charge is 0.123 e. The summed E-state index contributed by atoms with van der Waals surface area (Å²) in [5.74, 6) is -0.246. The van der Waals surface area contributed by atoms with Gasteiger partial charge in [0.15, 0.2) is 0 Å². The summed E-state index contributed by atoms with van der Waals surface area (Å²) in [5, 5.41) is 0. The molecular formula is C20H14FN3. The lowest BCUT2D eigenvalue weighted by molar-refractivity contribution is 0.627. The molecule has 0 radical (unpaired) electrons. The van der Waals surface area contributed by atoms with Gasteiger partial charge in [-0.2, -0.15) is 0 Å². The largest absolute Gasteiger partial charge is 0.265 e. The molecule has 4 heteroatoms. The summed E-state index contributed by atoms with van der Waals surface area (Å²) >= 11 is 0. The molecular weight excluding hydrogens is 301 g/mol. The van der Waals surface area contributed by atoms with Crippen molar-refractivity contribution in [2.75, 3.05) is 0 Å². The zero-order valence-electron chi connectivity index (χ0n) is 12.9. The number of rotatable bonds is 3. The van der Waals surface area contributed by atoms with Crippen LogP contribution in [-0.2, 0) is 0 Å². The van der Waals surface area contributed by atoms with Gasteiger partial charge in [-0.05, 0) is 41.5 Å². The van der Waals surface area contributed by atoms with Crippen molar-refractivity contribution in [3.63, 3.8) is 0 Å². The molecule has 4 rings (SSSR count). The van der Waals surface area contributed by atoms with Crippen LogP contribution >= 0.6 is 0 Å². The van der Waals surface area contributed by atoms with Crippen LogP contribution in [0.2, 0.25) is 0 Å². The molecule has 0 N–H and O–H groups in total. The van der Waals surface area contributed by atoms with Gasteiger partial charge in [-0.25, -0.2) is 4.39 Å². The molecule has 24 heavy (non-hydrogen) atoms. The highest BCUT2D eigenvalue weighted by Crippen LogP contribution is 2.36. The van der Waals surface area contributed by atoms with Gasteiger partial charge >= 0.3 is 0 Å². The van der Waals surface area contributed by atoms with Crippen molar-refractivity contribution in [2.24, 2.45) is 4.99 Å². The molecule has 1 aliphatic rings. The normalized spacial score (nSPS) is 14.0. The average Bonchev–Trinajstić information content (AvgIpc) is 3.09. The Labute approximate surface area is 139 Å². The second kappa shape index (κ2) is 6.16. The predicted molar refractivity (Wildman–Crippen MR) is 92.8 cm³/mol. The lowest BCUT2D eigenvalue weighted by Crippen LogP contribution is -1.98. The van der Waals surface area contributed by atoms with Crippen LogP contribution in [0.1, 0.15) is 23.1 Å². The highest BCUT2D eigenvalue weighted by molar-refractivity contribution is 6.16. The number of aromatic nitrogens is 2. The van der Waals surface area contributed by atoms with Crippen LogP contribution in [0.3, 0.4) is 0 Å². The highest BCUT2D eigenvalue weighted by Gasteiger charge is 2.22. The van der Waals surface area contributed by atoms with Crippen molar-refractivity contribution >= 4 is 17.0 Å². The topological polar surface area (TPSA) is 38.1 Å². The maximum Gasteiger partial charge on any atom is 0.123 e. The number of allylic oxidation sites excluding steroid dienone is 1. The van der Waals surface area contributed by atoms with E-state index in [2.05, 4.69) is 9.97 Å². The molecule has 116 valence electrons. The summed E-state index contributed by atoms with van der Waals surface area (Å²) in [6.45, 7) is 0. The van der Waals surface area contributed by atoms with E-state index in [0.29, 0.717) is 6.42 Å². The van der Waals surface area contributed by atoms with Gasteiger partial charge in [0, 0.05) is 42.3 Å². The third-order valence-corrected chi connectivity index (χ3v) is 4.00. The maximum atomic E-state index is 13.7. The molecule has 0 aliphatic carbocycles. The summed E-state index contributed by atoms with van der Waals surface area (Å²) < 4.78 is 13.7. The second-order valence-corrected chi connectivity index (χ2v) is 5.55. The summed E-state index contributed by atoms with van der Waals surface area (Å²) in [7, 11) is 0. The second-order valence-electron chi connectivity index (χ2n) is 5.55. The van der Waals surface area contributed by atoms with Crippen molar-refractivity contribution in [2.45, 2.75) is 6.42 Å². The molecule has 0 spiro atoms. The van der Waals surface area contributed by atoms with Crippen molar-refractivity contribution in [3.05, 3.63) is 95.8 Å². The molecule has 3 aromatic rings. The molecule has 2 aromatic heterocycles. The maximum absolute atomic E-state index is 13.7. The first kappa shape index (κ1) is 14.5. The van der Waals surface area contributed by atoms with E-state index >= 15 is 0 Å². The first-order chi connectivity index (χ1) is 11.8. The van der Waals surface area contributed by atoms with E-state index in [-0.39, 0.29) is 5.82 Å². The minimum atomic E-state index is -0.246. The molecule has 3 heterocycles. The molecule has 0 amide bonds. The SMILES string of the molecule is Fc1cccc(C2=C(c3ccncc3)N=C(c3cccnc3)C2)c1. The molecule has 0 unspecified atom stereocenters.